The molecule has 2 rings (SSSR count). The van der Waals surface area contributed by atoms with Gasteiger partial charge in [0.2, 0.25) is 0 Å². The van der Waals surface area contributed by atoms with Gasteiger partial charge in [0, 0.05) is 11.0 Å². The number of hydrogen-bond donors (Lipinski definition) is 1. The van der Waals surface area contributed by atoms with E-state index in [1.165, 1.54) is 11.1 Å². The number of carboxylic acid groups (broad SMARTS) is 1. The molecular formula is C13H16O2S. The fraction of sp³-hybridized carbons (Fsp3) is 0.462. The van der Waals surface area contributed by atoms with Crippen LogP contribution in [0.4, 0.5) is 0 Å². The van der Waals surface area contributed by atoms with E-state index in [2.05, 4.69) is 31.2 Å². The molecule has 3 heteroatoms. The average Bonchev–Trinajstić information content (AvgIpc) is 2.15. The highest BCUT2D eigenvalue weighted by Gasteiger charge is 2.36. The van der Waals surface area contributed by atoms with E-state index in [9.17, 15) is 4.79 Å². The van der Waals surface area contributed by atoms with Gasteiger partial charge in [-0.2, -0.15) is 11.8 Å². The van der Waals surface area contributed by atoms with Gasteiger partial charge < -0.3 is 5.11 Å². The Labute approximate surface area is 100 Å². The van der Waals surface area contributed by atoms with Crippen LogP contribution in [0.25, 0.3) is 0 Å². The van der Waals surface area contributed by atoms with Crippen molar-refractivity contribution in [1.82, 2.24) is 0 Å². The van der Waals surface area contributed by atoms with Gasteiger partial charge in [-0.15, -0.1) is 0 Å². The second-order valence-electron chi connectivity index (χ2n) is 4.36. The topological polar surface area (TPSA) is 37.3 Å². The zero-order chi connectivity index (χ0) is 11.5. The molecular weight excluding hydrogens is 220 g/mol. The molecule has 0 amide bonds. The SMILES string of the molecule is Cc1cccc(CSC2CCC2C(=O)O)c1. The third kappa shape index (κ3) is 2.59. The Hall–Kier alpha value is -0.960. The Balaban J connectivity index is 1.86. The van der Waals surface area contributed by atoms with Crippen LogP contribution < -0.4 is 0 Å². The summed E-state index contributed by atoms with van der Waals surface area (Å²) >= 11 is 1.78. The first-order valence-electron chi connectivity index (χ1n) is 5.57. The van der Waals surface area contributed by atoms with Gasteiger partial charge in [0.1, 0.15) is 0 Å². The molecule has 0 aliphatic heterocycles. The lowest BCUT2D eigenvalue weighted by molar-refractivity contribution is -0.144. The van der Waals surface area contributed by atoms with E-state index in [1.807, 2.05) is 0 Å². The molecule has 0 bridgehead atoms. The lowest BCUT2D eigenvalue weighted by Crippen LogP contribution is -2.35. The van der Waals surface area contributed by atoms with Crippen LogP contribution in [-0.4, -0.2) is 16.3 Å². The zero-order valence-electron chi connectivity index (χ0n) is 9.35. The van der Waals surface area contributed by atoms with E-state index in [0.29, 0.717) is 5.25 Å². The number of thioether (sulfide) groups is 1. The maximum absolute atomic E-state index is 10.8. The van der Waals surface area contributed by atoms with E-state index in [0.717, 1.165) is 18.6 Å². The lowest BCUT2D eigenvalue weighted by Gasteiger charge is -2.32. The molecule has 86 valence electrons. The smallest absolute Gasteiger partial charge is 0.307 e. The molecule has 2 nitrogen and oxygen atoms in total. The maximum atomic E-state index is 10.8. The van der Waals surface area contributed by atoms with Gasteiger partial charge in [-0.05, 0) is 25.3 Å². The van der Waals surface area contributed by atoms with Gasteiger partial charge in [0.25, 0.3) is 0 Å². The van der Waals surface area contributed by atoms with E-state index >= 15 is 0 Å². The minimum atomic E-state index is -0.631. The van der Waals surface area contributed by atoms with Crippen LogP contribution >= 0.6 is 11.8 Å². The Kier molecular flexibility index (Phi) is 3.54. The minimum absolute atomic E-state index is 0.116. The van der Waals surface area contributed by atoms with Crippen LogP contribution in [-0.2, 0) is 10.5 Å². The first kappa shape index (κ1) is 11.5. The highest BCUT2D eigenvalue weighted by Crippen LogP contribution is 2.39. The Bertz CT molecular complexity index is 389. The monoisotopic (exact) mass is 236 g/mol. The molecule has 0 saturated heterocycles. The summed E-state index contributed by atoms with van der Waals surface area (Å²) in [4.78, 5) is 10.8. The molecule has 1 aromatic rings. The number of aryl methyl sites for hydroxylation is 1. The van der Waals surface area contributed by atoms with E-state index in [-0.39, 0.29) is 5.92 Å². The first-order chi connectivity index (χ1) is 7.66. The summed E-state index contributed by atoms with van der Waals surface area (Å²) in [7, 11) is 0. The molecule has 16 heavy (non-hydrogen) atoms. The Morgan fingerprint density at radius 2 is 2.31 bits per heavy atom. The van der Waals surface area contributed by atoms with Crippen LogP contribution in [0.2, 0.25) is 0 Å². The highest BCUT2D eigenvalue weighted by molar-refractivity contribution is 7.99. The summed E-state index contributed by atoms with van der Waals surface area (Å²) in [5.41, 5.74) is 2.56. The number of carbonyl (C=O) groups is 1. The van der Waals surface area contributed by atoms with Crippen LogP contribution in [0, 0.1) is 12.8 Å². The molecule has 1 fully saturated rings. The highest BCUT2D eigenvalue weighted by atomic mass is 32.2. The van der Waals surface area contributed by atoms with E-state index in [4.69, 9.17) is 5.11 Å². The van der Waals surface area contributed by atoms with Crippen molar-refractivity contribution in [3.8, 4) is 0 Å². The van der Waals surface area contributed by atoms with Gasteiger partial charge in [0.05, 0.1) is 5.92 Å². The standard InChI is InChI=1S/C13H16O2S/c1-9-3-2-4-10(7-9)8-16-12-6-5-11(12)13(14)15/h2-4,7,11-12H,5-6,8H2,1H3,(H,14,15). The summed E-state index contributed by atoms with van der Waals surface area (Å²) < 4.78 is 0. The van der Waals surface area contributed by atoms with Crippen molar-refractivity contribution in [3.05, 3.63) is 35.4 Å². The Morgan fingerprint density at radius 3 is 2.88 bits per heavy atom. The zero-order valence-corrected chi connectivity index (χ0v) is 10.2. The number of benzene rings is 1. The summed E-state index contributed by atoms with van der Waals surface area (Å²) in [5.74, 6) is 0.179. The molecule has 1 aliphatic carbocycles. The number of rotatable bonds is 4. The van der Waals surface area contributed by atoms with Crippen molar-refractivity contribution in [2.45, 2.75) is 30.8 Å². The van der Waals surface area contributed by atoms with Gasteiger partial charge in [-0.1, -0.05) is 29.8 Å². The summed E-state index contributed by atoms with van der Waals surface area (Å²) in [6.07, 6.45) is 1.90. The molecule has 2 atom stereocenters. The predicted molar refractivity (Wildman–Crippen MR) is 66.6 cm³/mol. The fourth-order valence-electron chi connectivity index (χ4n) is 1.96. The molecule has 1 saturated carbocycles. The minimum Gasteiger partial charge on any atom is -0.481 e. The van der Waals surface area contributed by atoms with Crippen LogP contribution in [0.15, 0.2) is 24.3 Å². The normalized spacial score (nSPS) is 23.8. The molecule has 1 N–H and O–H groups in total. The van der Waals surface area contributed by atoms with Crippen molar-refractivity contribution in [1.29, 1.82) is 0 Å². The molecule has 0 spiro atoms. The molecule has 1 aromatic carbocycles. The predicted octanol–water partition coefficient (Wildman–Crippen LogP) is 3.09. The summed E-state index contributed by atoms with van der Waals surface area (Å²) in [6.45, 7) is 2.08. The van der Waals surface area contributed by atoms with Gasteiger partial charge >= 0.3 is 5.97 Å². The number of carboxylic acids is 1. The summed E-state index contributed by atoms with van der Waals surface area (Å²) in [6, 6.07) is 8.41. The molecule has 0 aromatic heterocycles. The summed E-state index contributed by atoms with van der Waals surface area (Å²) in [5, 5.41) is 9.25. The number of aliphatic carboxylic acids is 1. The largest absolute Gasteiger partial charge is 0.481 e. The van der Waals surface area contributed by atoms with Crippen LogP contribution in [0.3, 0.4) is 0 Å². The molecule has 1 aliphatic rings. The third-order valence-corrected chi connectivity index (χ3v) is 4.57. The van der Waals surface area contributed by atoms with Crippen molar-refractivity contribution in [3.63, 3.8) is 0 Å². The van der Waals surface area contributed by atoms with E-state index < -0.39 is 5.97 Å². The van der Waals surface area contributed by atoms with E-state index in [1.54, 1.807) is 11.8 Å². The van der Waals surface area contributed by atoms with Gasteiger partial charge in [-0.3, -0.25) is 4.79 Å². The van der Waals surface area contributed by atoms with Crippen LogP contribution in [0.1, 0.15) is 24.0 Å². The molecule has 2 unspecified atom stereocenters. The van der Waals surface area contributed by atoms with Crippen molar-refractivity contribution < 1.29 is 9.90 Å². The number of hydrogen-bond acceptors (Lipinski definition) is 2. The van der Waals surface area contributed by atoms with Gasteiger partial charge in [-0.25, -0.2) is 0 Å². The fourth-order valence-corrected chi connectivity index (χ4v) is 3.33. The lowest BCUT2D eigenvalue weighted by atomic mass is 9.85. The quantitative estimate of drug-likeness (QED) is 0.873. The van der Waals surface area contributed by atoms with Crippen LogP contribution in [0.5, 0.6) is 0 Å². The first-order valence-corrected chi connectivity index (χ1v) is 6.61. The average molecular weight is 236 g/mol. The van der Waals surface area contributed by atoms with Crippen molar-refractivity contribution in [2.75, 3.05) is 0 Å². The van der Waals surface area contributed by atoms with Crippen molar-refractivity contribution >= 4 is 17.7 Å². The third-order valence-electron chi connectivity index (χ3n) is 3.07. The Morgan fingerprint density at radius 1 is 1.50 bits per heavy atom. The second-order valence-corrected chi connectivity index (χ2v) is 5.59. The molecule has 0 heterocycles. The molecule has 0 radical (unpaired) electrons. The van der Waals surface area contributed by atoms with Crippen molar-refractivity contribution in [2.24, 2.45) is 5.92 Å². The second kappa shape index (κ2) is 4.91. The van der Waals surface area contributed by atoms with Gasteiger partial charge in [0.15, 0.2) is 0 Å². The maximum Gasteiger partial charge on any atom is 0.307 e.